The number of anilines is 1. The van der Waals surface area contributed by atoms with Crippen molar-refractivity contribution in [1.29, 1.82) is 0 Å². The molecular formula is C20H34N2O3S. The highest BCUT2D eigenvalue weighted by molar-refractivity contribution is 7.92. The highest BCUT2D eigenvalue weighted by Gasteiger charge is 2.29. The zero-order chi connectivity index (χ0) is 19.9. The van der Waals surface area contributed by atoms with Gasteiger partial charge in [0.05, 0.1) is 11.9 Å². The molecule has 5 nitrogen and oxygen atoms in total. The number of amides is 1. The van der Waals surface area contributed by atoms with E-state index in [0.717, 1.165) is 43.1 Å². The van der Waals surface area contributed by atoms with Crippen LogP contribution in [0.3, 0.4) is 0 Å². The van der Waals surface area contributed by atoms with Crippen LogP contribution in [-0.4, -0.2) is 33.2 Å². The molecule has 1 aromatic rings. The molecular weight excluding hydrogens is 348 g/mol. The van der Waals surface area contributed by atoms with Gasteiger partial charge in [0.2, 0.25) is 15.9 Å². The van der Waals surface area contributed by atoms with Crippen LogP contribution in [0.5, 0.6) is 0 Å². The van der Waals surface area contributed by atoms with E-state index in [4.69, 9.17) is 0 Å². The second-order valence-corrected chi connectivity index (χ2v) is 9.02. The van der Waals surface area contributed by atoms with E-state index >= 15 is 0 Å². The maximum absolute atomic E-state index is 12.6. The first kappa shape index (κ1) is 22.5. The third kappa shape index (κ3) is 6.31. The number of hydrogen-bond acceptors (Lipinski definition) is 3. The van der Waals surface area contributed by atoms with Gasteiger partial charge in [-0.25, -0.2) is 8.42 Å². The Morgan fingerprint density at radius 1 is 1.19 bits per heavy atom. The van der Waals surface area contributed by atoms with Gasteiger partial charge in [-0.2, -0.15) is 0 Å². The standard InChI is InChI=1S/C20H34N2O3S/c1-7-9-10-18(8-2)14-21-20(23)17(5)22(26(6,24)25)19-12-11-15(3)16(4)13-19/h11-13,17-18H,7-10,14H2,1-6H3,(H,21,23)/t17-,18-/m1/s1. The van der Waals surface area contributed by atoms with Crippen molar-refractivity contribution >= 4 is 21.6 Å². The van der Waals surface area contributed by atoms with Crippen LogP contribution in [0.25, 0.3) is 0 Å². The number of carbonyl (C=O) groups excluding carboxylic acids is 1. The van der Waals surface area contributed by atoms with Gasteiger partial charge >= 0.3 is 0 Å². The zero-order valence-electron chi connectivity index (χ0n) is 17.0. The average molecular weight is 383 g/mol. The van der Waals surface area contributed by atoms with Crippen LogP contribution in [0.4, 0.5) is 5.69 Å². The SMILES string of the molecule is CCCC[C@@H](CC)CNC(=O)[C@@H](C)N(c1ccc(C)c(C)c1)S(C)(=O)=O. The Bertz CT molecular complexity index is 701. The molecule has 0 saturated heterocycles. The summed E-state index contributed by atoms with van der Waals surface area (Å²) in [6.45, 7) is 10.4. The smallest absolute Gasteiger partial charge is 0.243 e. The lowest BCUT2D eigenvalue weighted by Crippen LogP contribution is -2.48. The van der Waals surface area contributed by atoms with Crippen LogP contribution < -0.4 is 9.62 Å². The number of sulfonamides is 1. The fraction of sp³-hybridized carbons (Fsp3) is 0.650. The second kappa shape index (κ2) is 9.95. The molecule has 1 aromatic carbocycles. The highest BCUT2D eigenvalue weighted by Crippen LogP contribution is 2.24. The molecule has 0 unspecified atom stereocenters. The van der Waals surface area contributed by atoms with E-state index in [0.29, 0.717) is 18.2 Å². The van der Waals surface area contributed by atoms with Crippen molar-refractivity contribution in [2.75, 3.05) is 17.1 Å². The third-order valence-electron chi connectivity index (χ3n) is 4.94. The number of aryl methyl sites for hydroxylation is 2. The quantitative estimate of drug-likeness (QED) is 0.669. The van der Waals surface area contributed by atoms with E-state index in [2.05, 4.69) is 19.2 Å². The van der Waals surface area contributed by atoms with E-state index in [9.17, 15) is 13.2 Å². The molecule has 0 aromatic heterocycles. The molecule has 26 heavy (non-hydrogen) atoms. The first-order valence-electron chi connectivity index (χ1n) is 9.46. The lowest BCUT2D eigenvalue weighted by Gasteiger charge is -2.29. The summed E-state index contributed by atoms with van der Waals surface area (Å²) >= 11 is 0. The van der Waals surface area contributed by atoms with Crippen molar-refractivity contribution < 1.29 is 13.2 Å². The molecule has 0 heterocycles. The van der Waals surface area contributed by atoms with Gasteiger partial charge < -0.3 is 5.32 Å². The minimum absolute atomic E-state index is 0.261. The number of rotatable bonds is 10. The summed E-state index contributed by atoms with van der Waals surface area (Å²) in [6, 6.07) is 4.65. The molecule has 1 amide bonds. The van der Waals surface area contributed by atoms with Gasteiger partial charge in [-0.05, 0) is 56.4 Å². The molecule has 0 aliphatic heterocycles. The summed E-state index contributed by atoms with van der Waals surface area (Å²) in [5.74, 6) is 0.169. The number of hydrogen-bond donors (Lipinski definition) is 1. The molecule has 0 spiro atoms. The van der Waals surface area contributed by atoms with Crippen LogP contribution >= 0.6 is 0 Å². The van der Waals surface area contributed by atoms with Crippen molar-refractivity contribution in [2.24, 2.45) is 5.92 Å². The fourth-order valence-electron chi connectivity index (χ4n) is 3.01. The molecule has 1 rings (SSSR count). The van der Waals surface area contributed by atoms with Crippen molar-refractivity contribution in [1.82, 2.24) is 5.32 Å². The number of nitrogens with one attached hydrogen (secondary N) is 1. The van der Waals surface area contributed by atoms with Gasteiger partial charge in [-0.3, -0.25) is 9.10 Å². The Labute approximate surface area is 159 Å². The van der Waals surface area contributed by atoms with Crippen LogP contribution in [0.2, 0.25) is 0 Å². The van der Waals surface area contributed by atoms with Crippen molar-refractivity contribution in [3.8, 4) is 0 Å². The summed E-state index contributed by atoms with van der Waals surface area (Å²) < 4.78 is 25.9. The van der Waals surface area contributed by atoms with Gasteiger partial charge in [-0.15, -0.1) is 0 Å². The van der Waals surface area contributed by atoms with Crippen LogP contribution in [0.1, 0.15) is 57.6 Å². The van der Waals surface area contributed by atoms with Gasteiger partial charge in [0.1, 0.15) is 6.04 Å². The van der Waals surface area contributed by atoms with Crippen molar-refractivity contribution in [3.05, 3.63) is 29.3 Å². The molecule has 0 aliphatic carbocycles. The van der Waals surface area contributed by atoms with Gasteiger partial charge in [0.15, 0.2) is 0 Å². The zero-order valence-corrected chi connectivity index (χ0v) is 17.8. The lowest BCUT2D eigenvalue weighted by atomic mass is 9.99. The maximum Gasteiger partial charge on any atom is 0.243 e. The topological polar surface area (TPSA) is 66.5 Å². The predicted molar refractivity (Wildman–Crippen MR) is 109 cm³/mol. The van der Waals surface area contributed by atoms with Crippen LogP contribution in [0, 0.1) is 19.8 Å². The Hall–Kier alpha value is -1.56. The predicted octanol–water partition coefficient (Wildman–Crippen LogP) is 3.79. The summed E-state index contributed by atoms with van der Waals surface area (Å²) in [4.78, 5) is 12.6. The Kier molecular flexibility index (Phi) is 8.60. The van der Waals surface area contributed by atoms with E-state index in [1.807, 2.05) is 26.0 Å². The number of nitrogens with zero attached hydrogens (tertiary/aromatic N) is 1. The number of benzene rings is 1. The minimum atomic E-state index is -3.58. The highest BCUT2D eigenvalue weighted by atomic mass is 32.2. The summed E-state index contributed by atoms with van der Waals surface area (Å²) in [7, 11) is -3.58. The average Bonchev–Trinajstić information content (AvgIpc) is 2.56. The minimum Gasteiger partial charge on any atom is -0.354 e. The Balaban J connectivity index is 2.94. The van der Waals surface area contributed by atoms with Crippen molar-refractivity contribution in [3.63, 3.8) is 0 Å². The number of carbonyl (C=O) groups is 1. The van der Waals surface area contributed by atoms with E-state index in [1.54, 1.807) is 13.0 Å². The normalized spacial score (nSPS) is 13.9. The molecule has 148 valence electrons. The lowest BCUT2D eigenvalue weighted by molar-refractivity contribution is -0.122. The molecule has 0 bridgehead atoms. The van der Waals surface area contributed by atoms with E-state index < -0.39 is 16.1 Å². The van der Waals surface area contributed by atoms with Gasteiger partial charge in [0, 0.05) is 6.54 Å². The summed E-state index contributed by atoms with van der Waals surface area (Å²) in [5, 5.41) is 2.95. The molecule has 0 aliphatic rings. The summed E-state index contributed by atoms with van der Waals surface area (Å²) in [6.07, 6.45) is 5.50. The fourth-order valence-corrected chi connectivity index (χ4v) is 4.17. The van der Waals surface area contributed by atoms with Crippen LogP contribution in [-0.2, 0) is 14.8 Å². The molecule has 0 saturated carbocycles. The number of unbranched alkanes of at least 4 members (excludes halogenated alkanes) is 1. The Morgan fingerprint density at radius 2 is 1.85 bits per heavy atom. The van der Waals surface area contributed by atoms with Crippen molar-refractivity contribution in [2.45, 2.75) is 66.3 Å². The molecule has 2 atom stereocenters. The van der Waals surface area contributed by atoms with Crippen LogP contribution in [0.15, 0.2) is 18.2 Å². The maximum atomic E-state index is 12.6. The molecule has 0 fully saturated rings. The van der Waals surface area contributed by atoms with Gasteiger partial charge in [-0.1, -0.05) is 39.2 Å². The summed E-state index contributed by atoms with van der Waals surface area (Å²) in [5.41, 5.74) is 2.60. The van der Waals surface area contributed by atoms with E-state index in [-0.39, 0.29) is 5.91 Å². The largest absolute Gasteiger partial charge is 0.354 e. The third-order valence-corrected chi connectivity index (χ3v) is 6.18. The monoisotopic (exact) mass is 382 g/mol. The van der Waals surface area contributed by atoms with Gasteiger partial charge in [0.25, 0.3) is 0 Å². The molecule has 6 heteroatoms. The first-order valence-corrected chi connectivity index (χ1v) is 11.3. The second-order valence-electron chi connectivity index (χ2n) is 7.17. The molecule has 0 radical (unpaired) electrons. The first-order chi connectivity index (χ1) is 12.1. The van der Waals surface area contributed by atoms with E-state index in [1.165, 1.54) is 4.31 Å². The molecule has 1 N–H and O–H groups in total. The Morgan fingerprint density at radius 3 is 2.35 bits per heavy atom.